The van der Waals surface area contributed by atoms with Crippen molar-refractivity contribution in [3.63, 3.8) is 0 Å². The normalized spacial score (nSPS) is 14.5. The molecule has 1 atom stereocenters. The van der Waals surface area contributed by atoms with Crippen LogP contribution in [0.1, 0.15) is 32.2 Å². The molecule has 0 aliphatic carbocycles. The Labute approximate surface area is 119 Å². The van der Waals surface area contributed by atoms with Gasteiger partial charge in [-0.3, -0.25) is 4.68 Å². The summed E-state index contributed by atoms with van der Waals surface area (Å²) in [4.78, 5) is 0. The van der Waals surface area contributed by atoms with Crippen LogP contribution in [0.2, 0.25) is 0 Å². The lowest BCUT2D eigenvalue weighted by atomic mass is 9.85. The summed E-state index contributed by atoms with van der Waals surface area (Å²) in [5, 5.41) is 7.95. The molecule has 102 valence electrons. The van der Waals surface area contributed by atoms with E-state index < -0.39 is 0 Å². The number of rotatable bonds is 7. The summed E-state index contributed by atoms with van der Waals surface area (Å²) < 4.78 is 3.21. The van der Waals surface area contributed by atoms with E-state index in [1.165, 1.54) is 5.69 Å². The fourth-order valence-electron chi connectivity index (χ4n) is 2.04. The molecule has 0 fully saturated rings. The summed E-state index contributed by atoms with van der Waals surface area (Å²) in [7, 11) is 0. The fraction of sp³-hybridized carbons (Fsp3) is 0.643. The third-order valence-electron chi connectivity index (χ3n) is 3.30. The molecule has 0 aliphatic rings. The molecule has 4 heteroatoms. The van der Waals surface area contributed by atoms with Gasteiger partial charge in [0.25, 0.3) is 0 Å². The van der Waals surface area contributed by atoms with Gasteiger partial charge in [0, 0.05) is 24.9 Å². The first-order valence-electron chi connectivity index (χ1n) is 6.53. The Morgan fingerprint density at radius 2 is 2.17 bits per heavy atom. The van der Waals surface area contributed by atoms with Gasteiger partial charge in [0.2, 0.25) is 0 Å². The molecule has 0 saturated heterocycles. The van der Waals surface area contributed by atoms with Crippen LogP contribution in [-0.4, -0.2) is 22.9 Å². The van der Waals surface area contributed by atoms with Crippen LogP contribution < -0.4 is 5.32 Å². The maximum Gasteiger partial charge on any atom is 0.0738 e. The molecule has 0 aromatic carbocycles. The number of hydrogen-bond donors (Lipinski definition) is 1. The zero-order chi connectivity index (χ0) is 13.8. The largest absolute Gasteiger partial charge is 0.316 e. The maximum atomic E-state index is 4.54. The van der Waals surface area contributed by atoms with E-state index in [9.17, 15) is 0 Å². The Bertz CT molecular complexity index is 411. The van der Waals surface area contributed by atoms with E-state index in [2.05, 4.69) is 58.4 Å². The molecule has 1 aromatic rings. The average Bonchev–Trinajstić information content (AvgIpc) is 2.64. The van der Waals surface area contributed by atoms with Crippen LogP contribution in [0.5, 0.6) is 0 Å². The highest BCUT2D eigenvalue weighted by atomic mass is 79.9. The Morgan fingerprint density at radius 3 is 2.67 bits per heavy atom. The van der Waals surface area contributed by atoms with E-state index >= 15 is 0 Å². The van der Waals surface area contributed by atoms with Crippen molar-refractivity contribution >= 4 is 15.9 Å². The van der Waals surface area contributed by atoms with Gasteiger partial charge in [0.1, 0.15) is 0 Å². The summed E-state index contributed by atoms with van der Waals surface area (Å²) in [6.07, 6.45) is 2.99. The SMILES string of the molecule is C=CC(C)(CNCC)Cc1c(Br)c(C)nn1CC. The van der Waals surface area contributed by atoms with E-state index in [0.29, 0.717) is 0 Å². The van der Waals surface area contributed by atoms with Gasteiger partial charge in [-0.2, -0.15) is 5.10 Å². The maximum absolute atomic E-state index is 4.54. The molecule has 0 amide bonds. The smallest absolute Gasteiger partial charge is 0.0738 e. The lowest BCUT2D eigenvalue weighted by Crippen LogP contribution is -2.32. The quantitative estimate of drug-likeness (QED) is 0.783. The number of aryl methyl sites for hydroxylation is 2. The second kappa shape index (κ2) is 6.53. The van der Waals surface area contributed by atoms with Crippen LogP contribution in [0, 0.1) is 12.3 Å². The highest BCUT2D eigenvalue weighted by Gasteiger charge is 2.24. The number of hydrogen-bond acceptors (Lipinski definition) is 2. The van der Waals surface area contributed by atoms with Gasteiger partial charge in [-0.1, -0.05) is 19.9 Å². The van der Waals surface area contributed by atoms with Crippen LogP contribution in [0.4, 0.5) is 0 Å². The van der Waals surface area contributed by atoms with Crippen molar-refractivity contribution in [2.45, 2.75) is 40.7 Å². The molecule has 1 unspecified atom stereocenters. The van der Waals surface area contributed by atoms with Gasteiger partial charge < -0.3 is 5.32 Å². The van der Waals surface area contributed by atoms with Crippen molar-refractivity contribution < 1.29 is 0 Å². The minimum atomic E-state index is 0.0535. The van der Waals surface area contributed by atoms with E-state index in [0.717, 1.165) is 36.2 Å². The summed E-state index contributed by atoms with van der Waals surface area (Å²) in [5.74, 6) is 0. The lowest BCUT2D eigenvalue weighted by Gasteiger charge is -2.26. The number of nitrogens with one attached hydrogen (secondary N) is 1. The Kier molecular flexibility index (Phi) is 5.60. The lowest BCUT2D eigenvalue weighted by molar-refractivity contribution is 0.381. The molecule has 0 bridgehead atoms. The van der Waals surface area contributed by atoms with Crippen LogP contribution >= 0.6 is 15.9 Å². The highest BCUT2D eigenvalue weighted by Crippen LogP contribution is 2.29. The molecule has 0 radical (unpaired) electrons. The van der Waals surface area contributed by atoms with Crippen molar-refractivity contribution in [1.82, 2.24) is 15.1 Å². The van der Waals surface area contributed by atoms with Gasteiger partial charge in [-0.15, -0.1) is 6.58 Å². The van der Waals surface area contributed by atoms with Crippen LogP contribution in [-0.2, 0) is 13.0 Å². The fourth-order valence-corrected chi connectivity index (χ4v) is 2.46. The van der Waals surface area contributed by atoms with Gasteiger partial charge in [-0.25, -0.2) is 0 Å². The number of aromatic nitrogens is 2. The molecule has 0 spiro atoms. The zero-order valence-electron chi connectivity index (χ0n) is 11.9. The van der Waals surface area contributed by atoms with Crippen LogP contribution in [0.25, 0.3) is 0 Å². The molecule has 0 saturated carbocycles. The average molecular weight is 314 g/mol. The summed E-state index contributed by atoms with van der Waals surface area (Å²) in [5.41, 5.74) is 2.37. The number of halogens is 1. The van der Waals surface area contributed by atoms with Gasteiger partial charge >= 0.3 is 0 Å². The van der Waals surface area contributed by atoms with Crippen molar-refractivity contribution in [3.05, 3.63) is 28.5 Å². The summed E-state index contributed by atoms with van der Waals surface area (Å²) >= 11 is 3.65. The molecule has 1 heterocycles. The molecule has 18 heavy (non-hydrogen) atoms. The van der Waals surface area contributed by atoms with E-state index in [-0.39, 0.29) is 5.41 Å². The first kappa shape index (κ1) is 15.4. The molecule has 0 aliphatic heterocycles. The Morgan fingerprint density at radius 1 is 1.50 bits per heavy atom. The number of nitrogens with zero attached hydrogens (tertiary/aromatic N) is 2. The minimum Gasteiger partial charge on any atom is -0.316 e. The van der Waals surface area contributed by atoms with Crippen molar-refractivity contribution in [2.24, 2.45) is 5.41 Å². The summed E-state index contributed by atoms with van der Waals surface area (Å²) in [6, 6.07) is 0. The standard InChI is InChI=1S/C14H24BrN3/c1-6-14(5,10-16-7-2)9-12-13(15)11(4)17-18(12)8-3/h6,16H,1,7-10H2,2-5H3. The Balaban J connectivity index is 2.97. The van der Waals surface area contributed by atoms with Gasteiger partial charge in [0.05, 0.1) is 15.9 Å². The van der Waals surface area contributed by atoms with Crippen LogP contribution in [0.15, 0.2) is 17.1 Å². The topological polar surface area (TPSA) is 29.9 Å². The molecule has 1 N–H and O–H groups in total. The minimum absolute atomic E-state index is 0.0535. The van der Waals surface area contributed by atoms with E-state index in [4.69, 9.17) is 0 Å². The molecule has 1 aromatic heterocycles. The van der Waals surface area contributed by atoms with E-state index in [1.807, 2.05) is 13.0 Å². The zero-order valence-corrected chi connectivity index (χ0v) is 13.5. The third kappa shape index (κ3) is 3.45. The second-order valence-corrected chi connectivity index (χ2v) is 5.77. The third-order valence-corrected chi connectivity index (χ3v) is 4.33. The van der Waals surface area contributed by atoms with Gasteiger partial charge in [-0.05, 0) is 36.3 Å². The van der Waals surface area contributed by atoms with Crippen molar-refractivity contribution in [2.75, 3.05) is 13.1 Å². The molecule has 1 rings (SSSR count). The van der Waals surface area contributed by atoms with Gasteiger partial charge in [0.15, 0.2) is 0 Å². The van der Waals surface area contributed by atoms with Crippen LogP contribution in [0.3, 0.4) is 0 Å². The first-order chi connectivity index (χ1) is 8.47. The first-order valence-corrected chi connectivity index (χ1v) is 7.32. The predicted octanol–water partition coefficient (Wildman–Crippen LogP) is 3.32. The Hall–Kier alpha value is -0.610. The summed E-state index contributed by atoms with van der Waals surface area (Å²) in [6.45, 7) is 15.3. The molecular weight excluding hydrogens is 290 g/mol. The van der Waals surface area contributed by atoms with Crippen molar-refractivity contribution in [3.8, 4) is 0 Å². The molecular formula is C14H24BrN3. The van der Waals surface area contributed by atoms with E-state index in [1.54, 1.807) is 0 Å². The highest BCUT2D eigenvalue weighted by molar-refractivity contribution is 9.10. The predicted molar refractivity (Wildman–Crippen MR) is 80.9 cm³/mol. The molecule has 3 nitrogen and oxygen atoms in total. The van der Waals surface area contributed by atoms with Crippen molar-refractivity contribution in [1.29, 1.82) is 0 Å². The second-order valence-electron chi connectivity index (χ2n) is 4.98. The monoisotopic (exact) mass is 313 g/mol.